The Bertz CT molecular complexity index is 1060. The molecule has 4 aromatic rings. The number of benzene rings is 1. The molecule has 0 saturated heterocycles. The Labute approximate surface area is 158 Å². The summed E-state index contributed by atoms with van der Waals surface area (Å²) >= 11 is 3.49. The highest BCUT2D eigenvalue weighted by Gasteiger charge is 2.20. The second-order valence-electron chi connectivity index (χ2n) is 6.76. The highest BCUT2D eigenvalue weighted by molar-refractivity contribution is 9.10. The molecule has 3 aromatic heterocycles. The van der Waals surface area contributed by atoms with E-state index in [2.05, 4.69) is 31.0 Å². The fourth-order valence-corrected chi connectivity index (χ4v) is 3.34. The Morgan fingerprint density at radius 3 is 2.69 bits per heavy atom. The molecule has 26 heavy (non-hydrogen) atoms. The van der Waals surface area contributed by atoms with E-state index in [-0.39, 0.29) is 0 Å². The van der Waals surface area contributed by atoms with E-state index in [1.807, 2.05) is 42.6 Å². The predicted octanol–water partition coefficient (Wildman–Crippen LogP) is 4.29. The third-order valence-electron chi connectivity index (χ3n) is 3.91. The molecule has 0 spiro atoms. The molecule has 0 saturated carbocycles. The second kappa shape index (κ2) is 6.34. The summed E-state index contributed by atoms with van der Waals surface area (Å²) in [4.78, 5) is 8.69. The molecular weight excluding hydrogens is 396 g/mol. The van der Waals surface area contributed by atoms with Crippen molar-refractivity contribution in [2.24, 2.45) is 0 Å². The van der Waals surface area contributed by atoms with E-state index in [1.54, 1.807) is 18.5 Å². The molecule has 0 fully saturated rings. The molecule has 3 heterocycles. The van der Waals surface area contributed by atoms with Gasteiger partial charge >= 0.3 is 0 Å². The number of halogens is 1. The van der Waals surface area contributed by atoms with Gasteiger partial charge in [0.05, 0.1) is 28.8 Å². The number of nitrogens with zero attached hydrogens (tertiary/aromatic N) is 4. The highest BCUT2D eigenvalue weighted by atomic mass is 79.9. The highest BCUT2D eigenvalue weighted by Crippen LogP contribution is 2.34. The van der Waals surface area contributed by atoms with Gasteiger partial charge in [0.2, 0.25) is 5.71 Å². The summed E-state index contributed by atoms with van der Waals surface area (Å²) < 4.78 is 8.27. The van der Waals surface area contributed by atoms with Gasteiger partial charge in [-0.1, -0.05) is 30.3 Å². The molecule has 0 amide bonds. The molecule has 0 unspecified atom stereocenters. The van der Waals surface area contributed by atoms with E-state index in [0.29, 0.717) is 16.9 Å². The zero-order valence-corrected chi connectivity index (χ0v) is 15.9. The number of rotatable bonds is 4. The molecule has 0 radical (unpaired) electrons. The van der Waals surface area contributed by atoms with Crippen molar-refractivity contribution < 1.29 is 9.52 Å². The van der Waals surface area contributed by atoms with Crippen molar-refractivity contribution in [1.82, 2.24) is 19.7 Å². The van der Waals surface area contributed by atoms with Gasteiger partial charge in [0.25, 0.3) is 0 Å². The Morgan fingerprint density at radius 2 is 1.96 bits per heavy atom. The zero-order chi connectivity index (χ0) is 18.3. The smallest absolute Gasteiger partial charge is 0.230 e. The topological polar surface area (TPSA) is 77.0 Å². The van der Waals surface area contributed by atoms with Crippen molar-refractivity contribution in [2.45, 2.75) is 26.0 Å². The van der Waals surface area contributed by atoms with Crippen molar-refractivity contribution in [2.75, 3.05) is 0 Å². The van der Waals surface area contributed by atoms with Crippen LogP contribution in [0.2, 0.25) is 0 Å². The van der Waals surface area contributed by atoms with Crippen LogP contribution in [-0.2, 0) is 6.54 Å². The number of fused-ring (bicyclic) bond motifs is 1. The normalized spacial score (nSPS) is 12.0. The third kappa shape index (κ3) is 3.27. The van der Waals surface area contributed by atoms with Crippen LogP contribution in [0.1, 0.15) is 13.8 Å². The van der Waals surface area contributed by atoms with Gasteiger partial charge in [0.1, 0.15) is 16.7 Å². The van der Waals surface area contributed by atoms with Crippen molar-refractivity contribution >= 4 is 27.0 Å². The molecule has 0 aliphatic carbocycles. The quantitative estimate of drug-likeness (QED) is 0.540. The average molecular weight is 413 g/mol. The fourth-order valence-electron chi connectivity index (χ4n) is 2.85. The summed E-state index contributed by atoms with van der Waals surface area (Å²) in [6.07, 6.45) is 3.34. The SMILES string of the molecule is CC(C)(O)Cn1cc(-c2ncnc3oc(-c4ccccc4)cc23)c(Br)n1. The van der Waals surface area contributed by atoms with Crippen LogP contribution in [-0.4, -0.2) is 30.5 Å². The lowest BCUT2D eigenvalue weighted by Gasteiger charge is -2.16. The Morgan fingerprint density at radius 1 is 1.19 bits per heavy atom. The van der Waals surface area contributed by atoms with Crippen LogP contribution in [0, 0.1) is 0 Å². The summed E-state index contributed by atoms with van der Waals surface area (Å²) in [5, 5.41) is 15.3. The van der Waals surface area contributed by atoms with E-state index in [4.69, 9.17) is 4.42 Å². The van der Waals surface area contributed by atoms with E-state index < -0.39 is 5.60 Å². The monoisotopic (exact) mass is 412 g/mol. The molecule has 7 heteroatoms. The molecule has 1 N–H and O–H groups in total. The van der Waals surface area contributed by atoms with E-state index in [9.17, 15) is 5.11 Å². The molecule has 1 aromatic carbocycles. The molecule has 0 aliphatic heterocycles. The van der Waals surface area contributed by atoms with Crippen molar-refractivity contribution in [1.29, 1.82) is 0 Å². The van der Waals surface area contributed by atoms with Gasteiger partial charge in [0, 0.05) is 11.8 Å². The van der Waals surface area contributed by atoms with E-state index in [1.165, 1.54) is 6.33 Å². The molecule has 0 bridgehead atoms. The van der Waals surface area contributed by atoms with Crippen LogP contribution in [0.15, 0.2) is 57.9 Å². The third-order valence-corrected chi connectivity index (χ3v) is 4.49. The molecular formula is C19H17BrN4O2. The Hall–Kier alpha value is -2.51. The van der Waals surface area contributed by atoms with Gasteiger partial charge in [-0.15, -0.1) is 0 Å². The molecule has 4 rings (SSSR count). The molecule has 0 aliphatic rings. The maximum absolute atomic E-state index is 10.0. The Kier molecular flexibility index (Phi) is 4.13. The van der Waals surface area contributed by atoms with Gasteiger partial charge < -0.3 is 9.52 Å². The number of hydrogen-bond donors (Lipinski definition) is 1. The van der Waals surface area contributed by atoms with Gasteiger partial charge in [-0.05, 0) is 35.8 Å². The maximum atomic E-state index is 10.0. The number of aromatic nitrogens is 4. The Balaban J connectivity index is 1.81. The number of aliphatic hydroxyl groups is 1. The summed E-state index contributed by atoms with van der Waals surface area (Å²) in [5.74, 6) is 0.738. The first-order valence-electron chi connectivity index (χ1n) is 8.16. The fraction of sp³-hybridized carbons (Fsp3) is 0.211. The van der Waals surface area contributed by atoms with Gasteiger partial charge in [0.15, 0.2) is 0 Å². The summed E-state index contributed by atoms with van der Waals surface area (Å²) in [6, 6.07) is 11.8. The summed E-state index contributed by atoms with van der Waals surface area (Å²) in [5.41, 5.74) is 2.20. The van der Waals surface area contributed by atoms with Gasteiger partial charge in [-0.2, -0.15) is 5.10 Å². The maximum Gasteiger partial charge on any atom is 0.230 e. The van der Waals surface area contributed by atoms with Crippen LogP contribution in [0.3, 0.4) is 0 Å². The van der Waals surface area contributed by atoms with Crippen LogP contribution in [0.4, 0.5) is 0 Å². The van der Waals surface area contributed by atoms with Crippen LogP contribution < -0.4 is 0 Å². The lowest BCUT2D eigenvalue weighted by atomic mass is 10.1. The lowest BCUT2D eigenvalue weighted by molar-refractivity contribution is 0.0577. The largest absolute Gasteiger partial charge is 0.438 e. The first-order valence-corrected chi connectivity index (χ1v) is 8.96. The first kappa shape index (κ1) is 16.9. The minimum atomic E-state index is -0.861. The van der Waals surface area contributed by atoms with Crippen LogP contribution in [0.5, 0.6) is 0 Å². The van der Waals surface area contributed by atoms with Gasteiger partial charge in [-0.25, -0.2) is 9.97 Å². The van der Waals surface area contributed by atoms with Crippen LogP contribution >= 0.6 is 15.9 Å². The van der Waals surface area contributed by atoms with Gasteiger partial charge in [-0.3, -0.25) is 4.68 Å². The van der Waals surface area contributed by atoms with E-state index in [0.717, 1.165) is 28.0 Å². The average Bonchev–Trinajstić information content (AvgIpc) is 3.17. The number of hydrogen-bond acceptors (Lipinski definition) is 5. The molecule has 0 atom stereocenters. The minimum Gasteiger partial charge on any atom is -0.438 e. The molecule has 6 nitrogen and oxygen atoms in total. The minimum absolute atomic E-state index is 0.375. The van der Waals surface area contributed by atoms with Crippen molar-refractivity contribution in [3.63, 3.8) is 0 Å². The van der Waals surface area contributed by atoms with Crippen molar-refractivity contribution in [3.05, 3.63) is 53.5 Å². The summed E-state index contributed by atoms with van der Waals surface area (Å²) in [6.45, 7) is 3.86. The van der Waals surface area contributed by atoms with Crippen molar-refractivity contribution in [3.8, 4) is 22.6 Å². The lowest BCUT2D eigenvalue weighted by Crippen LogP contribution is -2.26. The summed E-state index contributed by atoms with van der Waals surface area (Å²) in [7, 11) is 0. The standard InChI is InChI=1S/C19H17BrN4O2/c1-19(2,25)10-24-9-14(17(20)23-24)16-13-8-15(12-6-4-3-5-7-12)26-18(13)22-11-21-16/h3-9,11,25H,10H2,1-2H3. The van der Waals surface area contributed by atoms with E-state index >= 15 is 0 Å². The predicted molar refractivity (Wildman–Crippen MR) is 102 cm³/mol. The second-order valence-corrected chi connectivity index (χ2v) is 7.51. The number of furan rings is 1. The zero-order valence-electron chi connectivity index (χ0n) is 14.3. The molecule has 132 valence electrons. The van der Waals surface area contributed by atoms with Crippen LogP contribution in [0.25, 0.3) is 33.7 Å². The first-order chi connectivity index (χ1) is 12.4.